The van der Waals surface area contributed by atoms with Gasteiger partial charge in [0.2, 0.25) is 0 Å². The van der Waals surface area contributed by atoms with Gasteiger partial charge in [0.25, 0.3) is 0 Å². The summed E-state index contributed by atoms with van der Waals surface area (Å²) in [6, 6.07) is 2.92. The number of amides is 2. The van der Waals surface area contributed by atoms with Crippen LogP contribution >= 0.6 is 0 Å². The predicted molar refractivity (Wildman–Crippen MR) is 112 cm³/mol. The monoisotopic (exact) mass is 431 g/mol. The lowest BCUT2D eigenvalue weighted by molar-refractivity contribution is 0.0683. The van der Waals surface area contributed by atoms with Crippen LogP contribution in [0.15, 0.2) is 17.2 Å². The Bertz CT molecular complexity index is 1000. The van der Waals surface area contributed by atoms with E-state index in [0.717, 1.165) is 44.2 Å². The molecular formula is C20H25N5O4S. The first kappa shape index (κ1) is 20.5. The van der Waals surface area contributed by atoms with Crippen molar-refractivity contribution in [1.82, 2.24) is 19.8 Å². The number of benzene rings is 1. The SMILES string of the molecule is CNCCn1nc(S(=O)NC(=O)Nc2c3c(cc4c2CCC4)CCC3)cc1C(=O)O. The Morgan fingerprint density at radius 1 is 1.13 bits per heavy atom. The van der Waals surface area contributed by atoms with E-state index < -0.39 is 23.0 Å². The van der Waals surface area contributed by atoms with E-state index in [4.69, 9.17) is 0 Å². The van der Waals surface area contributed by atoms with Gasteiger partial charge in [-0.05, 0) is 67.8 Å². The molecule has 2 aliphatic carbocycles. The molecule has 160 valence electrons. The number of anilines is 1. The standard InChI is InChI=1S/C20H25N5O4S/c1-21-8-9-25-16(19(26)27)11-17(23-25)30(29)24-20(28)22-18-14-6-2-4-12(14)10-13-5-3-7-15(13)18/h10-11,21H,2-9H2,1H3,(H,26,27)(H2,22,24,28). The largest absolute Gasteiger partial charge is 0.477 e. The number of nitrogens with one attached hydrogen (secondary N) is 3. The molecule has 0 aliphatic heterocycles. The fourth-order valence-corrected chi connectivity index (χ4v) is 5.00. The summed E-state index contributed by atoms with van der Waals surface area (Å²) < 4.78 is 16.3. The quantitative estimate of drug-likeness (QED) is 0.528. The first-order valence-corrected chi connectivity index (χ1v) is 11.2. The van der Waals surface area contributed by atoms with Crippen LogP contribution in [0.25, 0.3) is 0 Å². The molecule has 1 aromatic carbocycles. The number of carbonyl (C=O) groups is 2. The summed E-state index contributed by atoms with van der Waals surface area (Å²) in [6.45, 7) is 0.815. The van der Waals surface area contributed by atoms with Crippen molar-refractivity contribution in [3.8, 4) is 0 Å². The molecular weight excluding hydrogens is 406 g/mol. The van der Waals surface area contributed by atoms with Crippen molar-refractivity contribution in [3.05, 3.63) is 40.1 Å². The minimum Gasteiger partial charge on any atom is -0.477 e. The van der Waals surface area contributed by atoms with E-state index in [1.54, 1.807) is 7.05 Å². The number of aromatic nitrogens is 2. The molecule has 0 saturated carbocycles. The number of aromatic carboxylic acids is 1. The second kappa shape index (κ2) is 8.57. The highest BCUT2D eigenvalue weighted by atomic mass is 32.2. The van der Waals surface area contributed by atoms with Gasteiger partial charge in [-0.1, -0.05) is 6.07 Å². The van der Waals surface area contributed by atoms with Crippen LogP contribution in [0, 0.1) is 0 Å². The molecule has 1 aromatic heterocycles. The van der Waals surface area contributed by atoms with Crippen LogP contribution in [0.4, 0.5) is 10.5 Å². The zero-order chi connectivity index (χ0) is 21.3. The van der Waals surface area contributed by atoms with E-state index in [9.17, 15) is 18.9 Å². The lowest BCUT2D eigenvalue weighted by Crippen LogP contribution is -2.31. The Kier molecular flexibility index (Phi) is 5.87. The second-order valence-electron chi connectivity index (χ2n) is 7.56. The summed E-state index contributed by atoms with van der Waals surface area (Å²) in [5.41, 5.74) is 5.73. The van der Waals surface area contributed by atoms with Gasteiger partial charge in [0, 0.05) is 18.3 Å². The van der Waals surface area contributed by atoms with E-state index in [1.165, 1.54) is 33.0 Å². The summed E-state index contributed by atoms with van der Waals surface area (Å²) in [4.78, 5) is 24.0. The molecule has 30 heavy (non-hydrogen) atoms. The van der Waals surface area contributed by atoms with Crippen molar-refractivity contribution < 1.29 is 18.9 Å². The number of hydrogen-bond donors (Lipinski definition) is 4. The molecule has 2 aromatic rings. The molecule has 9 nitrogen and oxygen atoms in total. The molecule has 0 saturated heterocycles. The second-order valence-corrected chi connectivity index (χ2v) is 8.72. The number of nitrogens with zero attached hydrogens (tertiary/aromatic N) is 2. The Balaban J connectivity index is 1.51. The molecule has 1 heterocycles. The molecule has 1 unspecified atom stereocenters. The first-order chi connectivity index (χ1) is 14.5. The summed E-state index contributed by atoms with van der Waals surface area (Å²) in [6.07, 6.45) is 6.04. The maximum Gasteiger partial charge on any atom is 0.354 e. The van der Waals surface area contributed by atoms with Crippen LogP contribution in [0.2, 0.25) is 0 Å². The molecule has 0 spiro atoms. The minimum absolute atomic E-state index is 0.00201. The van der Waals surface area contributed by atoms with Gasteiger partial charge in [0.1, 0.15) is 5.69 Å². The van der Waals surface area contributed by atoms with Crippen LogP contribution in [0.3, 0.4) is 0 Å². The number of rotatable bonds is 7. The Morgan fingerprint density at radius 3 is 2.40 bits per heavy atom. The molecule has 0 bridgehead atoms. The normalized spacial score (nSPS) is 15.5. The molecule has 2 amide bonds. The summed E-state index contributed by atoms with van der Waals surface area (Å²) in [5, 5.41) is 19.3. The summed E-state index contributed by atoms with van der Waals surface area (Å²) in [5.74, 6) is -1.17. The van der Waals surface area contributed by atoms with Crippen molar-refractivity contribution in [1.29, 1.82) is 0 Å². The van der Waals surface area contributed by atoms with Crippen LogP contribution in [-0.4, -0.2) is 44.7 Å². The molecule has 2 aliphatic rings. The zero-order valence-electron chi connectivity index (χ0n) is 16.8. The van der Waals surface area contributed by atoms with Crippen molar-refractivity contribution in [2.24, 2.45) is 0 Å². The first-order valence-electron chi connectivity index (χ1n) is 10.1. The van der Waals surface area contributed by atoms with Crippen LogP contribution in [-0.2, 0) is 43.2 Å². The van der Waals surface area contributed by atoms with E-state index in [-0.39, 0.29) is 10.7 Å². The molecule has 0 fully saturated rings. The number of urea groups is 1. The number of carboxylic acids is 1. The Hall–Kier alpha value is -2.72. The lowest BCUT2D eigenvalue weighted by Gasteiger charge is -2.16. The van der Waals surface area contributed by atoms with Gasteiger partial charge in [-0.15, -0.1) is 0 Å². The highest BCUT2D eigenvalue weighted by Gasteiger charge is 2.26. The third kappa shape index (κ3) is 3.97. The van der Waals surface area contributed by atoms with Crippen LogP contribution in [0.5, 0.6) is 0 Å². The number of aryl methyl sites for hydroxylation is 2. The molecule has 0 radical (unpaired) electrons. The van der Waals surface area contributed by atoms with Crippen molar-refractivity contribution in [2.75, 3.05) is 18.9 Å². The Labute approximate surface area is 176 Å². The van der Waals surface area contributed by atoms with E-state index >= 15 is 0 Å². The number of carbonyl (C=O) groups excluding carboxylic acids is 1. The average Bonchev–Trinajstić information content (AvgIpc) is 3.44. The third-order valence-corrected chi connectivity index (χ3v) is 6.59. The van der Waals surface area contributed by atoms with Crippen LogP contribution in [0.1, 0.15) is 45.6 Å². The van der Waals surface area contributed by atoms with Gasteiger partial charge < -0.3 is 15.7 Å². The van der Waals surface area contributed by atoms with Gasteiger partial charge in [0.15, 0.2) is 16.0 Å². The van der Waals surface area contributed by atoms with Crippen molar-refractivity contribution in [3.63, 3.8) is 0 Å². The van der Waals surface area contributed by atoms with Crippen molar-refractivity contribution >= 4 is 28.7 Å². The van der Waals surface area contributed by atoms with E-state index in [0.29, 0.717) is 13.1 Å². The fourth-order valence-electron chi connectivity index (χ4n) is 4.29. The molecule has 4 N–H and O–H groups in total. The van der Waals surface area contributed by atoms with Gasteiger partial charge in [0.05, 0.1) is 6.54 Å². The highest BCUT2D eigenvalue weighted by Crippen LogP contribution is 2.38. The maximum absolute atomic E-state index is 12.6. The van der Waals surface area contributed by atoms with E-state index in [2.05, 4.69) is 26.5 Å². The van der Waals surface area contributed by atoms with Gasteiger partial charge >= 0.3 is 12.0 Å². The van der Waals surface area contributed by atoms with E-state index in [1.807, 2.05) is 0 Å². The van der Waals surface area contributed by atoms with Crippen LogP contribution < -0.4 is 15.4 Å². The van der Waals surface area contributed by atoms with Crippen molar-refractivity contribution in [2.45, 2.75) is 50.1 Å². The number of carboxylic acid groups (broad SMARTS) is 1. The molecule has 1 atom stereocenters. The average molecular weight is 432 g/mol. The lowest BCUT2D eigenvalue weighted by atomic mass is 9.99. The highest BCUT2D eigenvalue weighted by molar-refractivity contribution is 7.83. The summed E-state index contributed by atoms with van der Waals surface area (Å²) >= 11 is 0. The van der Waals surface area contributed by atoms with Gasteiger partial charge in [-0.3, -0.25) is 9.40 Å². The number of likely N-dealkylation sites (N-methyl/N-ethyl adjacent to an activating group) is 1. The third-order valence-electron chi connectivity index (χ3n) is 5.64. The number of fused-ring (bicyclic) bond motifs is 2. The van der Waals surface area contributed by atoms with Gasteiger partial charge in [-0.2, -0.15) is 5.10 Å². The Morgan fingerprint density at radius 2 is 1.80 bits per heavy atom. The summed E-state index contributed by atoms with van der Waals surface area (Å²) in [7, 11) is -0.231. The maximum atomic E-state index is 12.6. The number of hydrogen-bond acceptors (Lipinski definition) is 5. The smallest absolute Gasteiger partial charge is 0.354 e. The fraction of sp³-hybridized carbons (Fsp3) is 0.450. The minimum atomic E-state index is -1.97. The zero-order valence-corrected chi connectivity index (χ0v) is 17.6. The van der Waals surface area contributed by atoms with Gasteiger partial charge in [-0.25, -0.2) is 13.8 Å². The molecule has 4 rings (SSSR count). The predicted octanol–water partition coefficient (Wildman–Crippen LogP) is 1.62. The topological polar surface area (TPSA) is 125 Å². The molecule has 10 heteroatoms.